The monoisotopic (exact) mass is 249 g/mol. The van der Waals surface area contributed by atoms with Crippen molar-refractivity contribution in [3.63, 3.8) is 0 Å². The Hall–Kier alpha value is -2.44. The highest BCUT2D eigenvalue weighted by molar-refractivity contribution is 5.94. The summed E-state index contributed by atoms with van der Waals surface area (Å²) in [7, 11) is 1.77. The van der Waals surface area contributed by atoms with E-state index in [9.17, 15) is 9.18 Å². The van der Waals surface area contributed by atoms with E-state index in [4.69, 9.17) is 5.73 Å². The topological polar surface area (TPSA) is 85.8 Å². The van der Waals surface area contributed by atoms with Gasteiger partial charge in [0.25, 0.3) is 5.91 Å². The van der Waals surface area contributed by atoms with Gasteiger partial charge in [0, 0.05) is 12.6 Å². The van der Waals surface area contributed by atoms with Crippen molar-refractivity contribution in [1.29, 1.82) is 0 Å². The largest absolute Gasteiger partial charge is 0.396 e. The predicted molar refractivity (Wildman–Crippen MR) is 63.0 cm³/mol. The molecule has 3 N–H and O–H groups in total. The fourth-order valence-corrected chi connectivity index (χ4v) is 1.40. The number of benzene rings is 1. The van der Waals surface area contributed by atoms with Crippen molar-refractivity contribution in [2.75, 3.05) is 5.73 Å². The van der Waals surface area contributed by atoms with Crippen LogP contribution < -0.4 is 11.1 Å². The van der Waals surface area contributed by atoms with E-state index in [0.29, 0.717) is 5.82 Å². The number of aromatic nitrogens is 3. The van der Waals surface area contributed by atoms with Crippen LogP contribution in [0.5, 0.6) is 0 Å². The number of nitrogens with one attached hydrogen (secondary N) is 1. The molecule has 0 unspecified atom stereocenters. The molecular weight excluding hydrogens is 237 g/mol. The first kappa shape index (κ1) is 12.0. The maximum Gasteiger partial charge on any atom is 0.251 e. The van der Waals surface area contributed by atoms with Crippen LogP contribution in [0.15, 0.2) is 24.5 Å². The molecule has 1 heterocycles. The number of aryl methyl sites for hydroxylation is 1. The van der Waals surface area contributed by atoms with Crippen LogP contribution in [-0.4, -0.2) is 20.7 Å². The van der Waals surface area contributed by atoms with E-state index in [0.717, 1.165) is 6.07 Å². The molecule has 1 amide bonds. The number of carbonyl (C=O) groups is 1. The van der Waals surface area contributed by atoms with Crippen molar-refractivity contribution < 1.29 is 9.18 Å². The van der Waals surface area contributed by atoms with Crippen LogP contribution in [0, 0.1) is 5.82 Å². The standard InChI is InChI=1S/C11H12FN5O/c1-17-6-15-16-10(17)5-14-11(18)7-2-3-9(13)8(12)4-7/h2-4,6H,5,13H2,1H3,(H,14,18). The number of hydrogen-bond donors (Lipinski definition) is 2. The average Bonchev–Trinajstić information content (AvgIpc) is 2.75. The summed E-state index contributed by atoms with van der Waals surface area (Å²) in [5, 5.41) is 10.1. The second-order valence-electron chi connectivity index (χ2n) is 3.78. The number of nitrogen functional groups attached to an aromatic ring is 1. The summed E-state index contributed by atoms with van der Waals surface area (Å²) in [5.41, 5.74) is 5.56. The number of nitrogens with zero attached hydrogens (tertiary/aromatic N) is 3. The van der Waals surface area contributed by atoms with Crippen LogP contribution in [0.25, 0.3) is 0 Å². The molecule has 0 atom stereocenters. The molecule has 6 nitrogen and oxygen atoms in total. The summed E-state index contributed by atoms with van der Waals surface area (Å²) >= 11 is 0. The highest BCUT2D eigenvalue weighted by atomic mass is 19.1. The van der Waals surface area contributed by atoms with Gasteiger partial charge in [-0.25, -0.2) is 4.39 Å². The van der Waals surface area contributed by atoms with Crippen LogP contribution in [0.3, 0.4) is 0 Å². The molecule has 0 radical (unpaired) electrons. The molecule has 0 fully saturated rings. The Morgan fingerprint density at radius 3 is 2.94 bits per heavy atom. The SMILES string of the molecule is Cn1cnnc1CNC(=O)c1ccc(N)c(F)c1. The van der Waals surface area contributed by atoms with Crippen LogP contribution in [0.2, 0.25) is 0 Å². The Labute approximate surface area is 103 Å². The van der Waals surface area contributed by atoms with Gasteiger partial charge in [-0.15, -0.1) is 10.2 Å². The fraction of sp³-hybridized carbons (Fsp3) is 0.182. The van der Waals surface area contributed by atoms with Crippen molar-refractivity contribution in [3.8, 4) is 0 Å². The molecule has 1 aromatic carbocycles. The van der Waals surface area contributed by atoms with Crippen molar-refractivity contribution in [3.05, 3.63) is 41.7 Å². The Balaban J connectivity index is 2.04. The highest BCUT2D eigenvalue weighted by Gasteiger charge is 2.09. The van der Waals surface area contributed by atoms with E-state index in [1.165, 1.54) is 18.5 Å². The molecule has 1 aromatic heterocycles. The second-order valence-corrected chi connectivity index (χ2v) is 3.78. The van der Waals surface area contributed by atoms with E-state index >= 15 is 0 Å². The molecule has 0 aliphatic rings. The smallest absolute Gasteiger partial charge is 0.251 e. The molecule has 18 heavy (non-hydrogen) atoms. The quantitative estimate of drug-likeness (QED) is 0.774. The zero-order valence-electron chi connectivity index (χ0n) is 9.72. The first-order chi connectivity index (χ1) is 8.58. The number of amides is 1. The molecule has 0 saturated carbocycles. The minimum atomic E-state index is -0.610. The van der Waals surface area contributed by atoms with Gasteiger partial charge in [-0.2, -0.15) is 0 Å². The van der Waals surface area contributed by atoms with Gasteiger partial charge in [-0.1, -0.05) is 0 Å². The third-order valence-corrected chi connectivity index (χ3v) is 2.47. The first-order valence-corrected chi connectivity index (χ1v) is 5.24. The first-order valence-electron chi connectivity index (χ1n) is 5.24. The lowest BCUT2D eigenvalue weighted by molar-refractivity contribution is 0.0949. The van der Waals surface area contributed by atoms with Crippen molar-refractivity contribution in [2.24, 2.45) is 7.05 Å². The summed E-state index contributed by atoms with van der Waals surface area (Å²) in [4.78, 5) is 11.7. The Bertz CT molecular complexity index is 581. The number of nitrogens with two attached hydrogens (primary N) is 1. The summed E-state index contributed by atoms with van der Waals surface area (Å²) in [6.07, 6.45) is 1.53. The maximum absolute atomic E-state index is 13.2. The summed E-state index contributed by atoms with van der Waals surface area (Å²) in [5.74, 6) is -0.391. The fourth-order valence-electron chi connectivity index (χ4n) is 1.40. The Kier molecular flexibility index (Phi) is 3.22. The Morgan fingerprint density at radius 2 is 2.33 bits per heavy atom. The number of halogens is 1. The number of anilines is 1. The lowest BCUT2D eigenvalue weighted by Crippen LogP contribution is -2.24. The van der Waals surface area contributed by atoms with Gasteiger partial charge >= 0.3 is 0 Å². The molecule has 7 heteroatoms. The Morgan fingerprint density at radius 1 is 1.56 bits per heavy atom. The van der Waals surface area contributed by atoms with Crippen molar-refractivity contribution in [1.82, 2.24) is 20.1 Å². The maximum atomic E-state index is 13.2. The van der Waals surface area contributed by atoms with Crippen LogP contribution in [0.4, 0.5) is 10.1 Å². The predicted octanol–water partition coefficient (Wildman–Crippen LogP) is 0.466. The van der Waals surface area contributed by atoms with Gasteiger partial charge in [0.05, 0.1) is 12.2 Å². The minimum absolute atomic E-state index is 0.0138. The average molecular weight is 249 g/mol. The molecule has 0 saturated heterocycles. The number of rotatable bonds is 3. The van der Waals surface area contributed by atoms with Crippen LogP contribution >= 0.6 is 0 Å². The molecule has 0 aliphatic heterocycles. The molecule has 0 aliphatic carbocycles. The van der Waals surface area contributed by atoms with E-state index in [-0.39, 0.29) is 17.8 Å². The second kappa shape index (κ2) is 4.82. The number of hydrogen-bond acceptors (Lipinski definition) is 4. The molecular formula is C11H12FN5O. The molecule has 2 rings (SSSR count). The van der Waals surface area contributed by atoms with Crippen molar-refractivity contribution >= 4 is 11.6 Å². The molecule has 0 spiro atoms. The summed E-state index contributed by atoms with van der Waals surface area (Å²) in [6, 6.07) is 3.92. The number of carbonyl (C=O) groups excluding carboxylic acids is 1. The molecule has 94 valence electrons. The lowest BCUT2D eigenvalue weighted by atomic mass is 10.2. The molecule has 2 aromatic rings. The minimum Gasteiger partial charge on any atom is -0.396 e. The van der Waals surface area contributed by atoms with Gasteiger partial charge in [-0.05, 0) is 18.2 Å². The normalized spacial score (nSPS) is 10.3. The third kappa shape index (κ3) is 2.45. The zero-order valence-corrected chi connectivity index (χ0v) is 9.72. The highest BCUT2D eigenvalue weighted by Crippen LogP contribution is 2.11. The van der Waals surface area contributed by atoms with E-state index < -0.39 is 11.7 Å². The van der Waals surface area contributed by atoms with E-state index in [1.807, 2.05) is 0 Å². The van der Waals surface area contributed by atoms with Gasteiger partial charge in [0.2, 0.25) is 0 Å². The van der Waals surface area contributed by atoms with Crippen LogP contribution in [0.1, 0.15) is 16.2 Å². The zero-order chi connectivity index (χ0) is 13.1. The summed E-state index contributed by atoms with van der Waals surface area (Å²) in [6.45, 7) is 0.224. The molecule has 0 bridgehead atoms. The van der Waals surface area contributed by atoms with Crippen LogP contribution in [-0.2, 0) is 13.6 Å². The van der Waals surface area contributed by atoms with Gasteiger partial charge in [0.15, 0.2) is 5.82 Å². The van der Waals surface area contributed by atoms with Crippen molar-refractivity contribution in [2.45, 2.75) is 6.54 Å². The summed E-state index contributed by atoms with van der Waals surface area (Å²) < 4.78 is 14.9. The van der Waals surface area contributed by atoms with Gasteiger partial charge < -0.3 is 15.6 Å². The van der Waals surface area contributed by atoms with Gasteiger partial charge in [-0.3, -0.25) is 4.79 Å². The third-order valence-electron chi connectivity index (χ3n) is 2.47. The van der Waals surface area contributed by atoms with Gasteiger partial charge in [0.1, 0.15) is 12.1 Å². The van der Waals surface area contributed by atoms with E-state index in [2.05, 4.69) is 15.5 Å². The van der Waals surface area contributed by atoms with E-state index in [1.54, 1.807) is 11.6 Å². The lowest BCUT2D eigenvalue weighted by Gasteiger charge is -2.05.